The molecule has 23 heavy (non-hydrogen) atoms. The monoisotopic (exact) mass is 312 g/mol. The second-order valence-corrected chi connectivity index (χ2v) is 6.69. The van der Waals surface area contributed by atoms with Crippen LogP contribution in [0.3, 0.4) is 0 Å². The van der Waals surface area contributed by atoms with Gasteiger partial charge in [-0.1, -0.05) is 20.8 Å². The fraction of sp³-hybridized carbons (Fsp3) is 0.500. The van der Waals surface area contributed by atoms with Crippen molar-refractivity contribution in [3.63, 3.8) is 0 Å². The molecule has 1 aliphatic rings. The van der Waals surface area contributed by atoms with Crippen LogP contribution in [0.25, 0.3) is 11.4 Å². The summed E-state index contributed by atoms with van der Waals surface area (Å²) in [5.41, 5.74) is 1.53. The summed E-state index contributed by atoms with van der Waals surface area (Å²) in [5, 5.41) is 0. The maximum absolute atomic E-state index is 11.7. The van der Waals surface area contributed by atoms with E-state index in [9.17, 15) is 4.79 Å². The summed E-state index contributed by atoms with van der Waals surface area (Å²) in [5.74, 6) is 2.98. The molecule has 3 rings (SSSR count). The van der Waals surface area contributed by atoms with E-state index >= 15 is 0 Å². The van der Waals surface area contributed by atoms with Crippen molar-refractivity contribution in [2.45, 2.75) is 33.6 Å². The summed E-state index contributed by atoms with van der Waals surface area (Å²) in [6, 6.07) is 5.56. The first kappa shape index (κ1) is 15.7. The average Bonchev–Trinajstić information content (AvgIpc) is 2.53. The fourth-order valence-corrected chi connectivity index (χ4v) is 3.39. The lowest BCUT2D eigenvalue weighted by Crippen LogP contribution is -2.39. The predicted octanol–water partition coefficient (Wildman–Crippen LogP) is 2.88. The zero-order valence-corrected chi connectivity index (χ0v) is 14.0. The normalized spacial score (nSPS) is 21.4. The fourth-order valence-electron chi connectivity index (χ4n) is 3.39. The largest absolute Gasteiger partial charge is 0.356 e. The molecule has 0 aromatic carbocycles. The zero-order chi connectivity index (χ0) is 16.4. The molecule has 2 aromatic rings. The number of pyridine rings is 1. The molecule has 1 aliphatic heterocycles. The van der Waals surface area contributed by atoms with Crippen LogP contribution in [0.1, 0.15) is 32.9 Å². The molecule has 0 saturated carbocycles. The minimum absolute atomic E-state index is 0.116. The van der Waals surface area contributed by atoms with E-state index in [0.717, 1.165) is 36.6 Å². The molecule has 5 nitrogen and oxygen atoms in total. The number of anilines is 1. The highest BCUT2D eigenvalue weighted by atomic mass is 16.1. The molecule has 5 heteroatoms. The molecule has 0 radical (unpaired) electrons. The Labute approximate surface area is 136 Å². The Hall–Kier alpha value is -2.17. The van der Waals surface area contributed by atoms with E-state index in [4.69, 9.17) is 0 Å². The molecular weight excluding hydrogens is 288 g/mol. The van der Waals surface area contributed by atoms with E-state index < -0.39 is 0 Å². The van der Waals surface area contributed by atoms with Gasteiger partial charge in [-0.3, -0.25) is 4.79 Å². The topological polar surface area (TPSA) is 61.9 Å². The lowest BCUT2D eigenvalue weighted by molar-refractivity contribution is 0.355. The first-order valence-corrected chi connectivity index (χ1v) is 8.36. The van der Waals surface area contributed by atoms with E-state index in [1.807, 2.05) is 19.1 Å². The van der Waals surface area contributed by atoms with Crippen molar-refractivity contribution in [1.82, 2.24) is 15.0 Å². The number of hydrogen-bond acceptors (Lipinski definition) is 4. The van der Waals surface area contributed by atoms with Crippen LogP contribution in [-0.2, 0) is 6.42 Å². The number of hydrogen-bond donors (Lipinski definition) is 1. The van der Waals surface area contributed by atoms with E-state index in [1.165, 1.54) is 6.42 Å². The van der Waals surface area contributed by atoms with Crippen LogP contribution in [0.5, 0.6) is 0 Å². The molecule has 1 saturated heterocycles. The molecule has 0 bridgehead atoms. The molecule has 3 heterocycles. The van der Waals surface area contributed by atoms with Gasteiger partial charge < -0.3 is 9.88 Å². The summed E-state index contributed by atoms with van der Waals surface area (Å²) in [4.78, 5) is 25.9. The van der Waals surface area contributed by atoms with Crippen molar-refractivity contribution < 1.29 is 0 Å². The third kappa shape index (κ3) is 3.60. The van der Waals surface area contributed by atoms with Gasteiger partial charge in [0.05, 0.1) is 0 Å². The van der Waals surface area contributed by atoms with Crippen LogP contribution in [0.2, 0.25) is 0 Å². The minimum Gasteiger partial charge on any atom is -0.356 e. The van der Waals surface area contributed by atoms with Crippen molar-refractivity contribution in [2.75, 3.05) is 18.0 Å². The first-order chi connectivity index (χ1) is 11.0. The molecule has 1 fully saturated rings. The van der Waals surface area contributed by atoms with Crippen LogP contribution in [0, 0.1) is 11.8 Å². The maximum atomic E-state index is 11.7. The Morgan fingerprint density at radius 1 is 1.26 bits per heavy atom. The number of nitrogens with zero attached hydrogens (tertiary/aromatic N) is 3. The SMILES string of the molecule is CCc1cc(=O)[nH]c(-c2ccc(N3C[C@H](C)C[C@@H](C)C3)nc2)n1. The Kier molecular flexibility index (Phi) is 4.46. The van der Waals surface area contributed by atoms with Crippen molar-refractivity contribution in [3.8, 4) is 11.4 Å². The van der Waals surface area contributed by atoms with Crippen LogP contribution in [-0.4, -0.2) is 28.0 Å². The summed E-state index contributed by atoms with van der Waals surface area (Å²) >= 11 is 0. The van der Waals surface area contributed by atoms with E-state index in [-0.39, 0.29) is 5.56 Å². The minimum atomic E-state index is -0.116. The van der Waals surface area contributed by atoms with Crippen molar-refractivity contribution in [3.05, 3.63) is 40.4 Å². The second-order valence-electron chi connectivity index (χ2n) is 6.69. The maximum Gasteiger partial charge on any atom is 0.251 e. The van der Waals surface area contributed by atoms with Gasteiger partial charge in [-0.2, -0.15) is 0 Å². The van der Waals surface area contributed by atoms with E-state index in [2.05, 4.69) is 33.7 Å². The van der Waals surface area contributed by atoms with Crippen LogP contribution < -0.4 is 10.5 Å². The van der Waals surface area contributed by atoms with Gasteiger partial charge in [0.25, 0.3) is 5.56 Å². The van der Waals surface area contributed by atoms with Gasteiger partial charge in [0.1, 0.15) is 11.6 Å². The first-order valence-electron chi connectivity index (χ1n) is 8.36. The van der Waals surface area contributed by atoms with Gasteiger partial charge in [-0.25, -0.2) is 9.97 Å². The lowest BCUT2D eigenvalue weighted by atomic mass is 9.92. The van der Waals surface area contributed by atoms with Crippen molar-refractivity contribution in [1.29, 1.82) is 0 Å². The molecule has 0 spiro atoms. The second kappa shape index (κ2) is 6.52. The van der Waals surface area contributed by atoms with E-state index in [0.29, 0.717) is 17.7 Å². The van der Waals surface area contributed by atoms with Crippen LogP contribution in [0.15, 0.2) is 29.2 Å². The Balaban J connectivity index is 1.85. The molecular formula is C18H24N4O. The summed E-state index contributed by atoms with van der Waals surface area (Å²) < 4.78 is 0. The standard InChI is InChI=1S/C18H24N4O/c1-4-15-8-17(23)21-18(20-15)14-5-6-16(19-9-14)22-10-12(2)7-13(3)11-22/h5-6,8-9,12-13H,4,7,10-11H2,1-3H3,(H,20,21,23)/t12-,13-/m1/s1. The molecule has 2 atom stereocenters. The molecule has 0 aliphatic carbocycles. The van der Waals surface area contributed by atoms with Gasteiger partial charge in [0.15, 0.2) is 0 Å². The third-order valence-electron chi connectivity index (χ3n) is 4.37. The molecule has 2 aromatic heterocycles. The number of H-pyrrole nitrogens is 1. The number of rotatable bonds is 3. The molecule has 0 unspecified atom stereocenters. The highest BCUT2D eigenvalue weighted by Gasteiger charge is 2.22. The van der Waals surface area contributed by atoms with E-state index in [1.54, 1.807) is 12.3 Å². The Morgan fingerprint density at radius 3 is 2.61 bits per heavy atom. The quantitative estimate of drug-likeness (QED) is 0.946. The van der Waals surface area contributed by atoms with Crippen LogP contribution in [0.4, 0.5) is 5.82 Å². The summed E-state index contributed by atoms with van der Waals surface area (Å²) in [6.07, 6.45) is 3.83. The molecule has 1 N–H and O–H groups in total. The van der Waals surface area contributed by atoms with Gasteiger partial charge in [-0.05, 0) is 36.8 Å². The number of piperidine rings is 1. The predicted molar refractivity (Wildman–Crippen MR) is 92.6 cm³/mol. The van der Waals surface area contributed by atoms with Crippen molar-refractivity contribution in [2.24, 2.45) is 11.8 Å². The molecule has 122 valence electrons. The highest BCUT2D eigenvalue weighted by Crippen LogP contribution is 2.25. The lowest BCUT2D eigenvalue weighted by Gasteiger charge is -2.35. The third-order valence-corrected chi connectivity index (χ3v) is 4.37. The van der Waals surface area contributed by atoms with Crippen LogP contribution >= 0.6 is 0 Å². The van der Waals surface area contributed by atoms with Gasteiger partial charge in [0, 0.05) is 36.6 Å². The van der Waals surface area contributed by atoms with Gasteiger partial charge in [-0.15, -0.1) is 0 Å². The Morgan fingerprint density at radius 2 is 2.00 bits per heavy atom. The average molecular weight is 312 g/mol. The van der Waals surface area contributed by atoms with Gasteiger partial charge in [0.2, 0.25) is 0 Å². The number of aromatic nitrogens is 3. The molecule has 0 amide bonds. The van der Waals surface area contributed by atoms with Gasteiger partial charge >= 0.3 is 0 Å². The zero-order valence-electron chi connectivity index (χ0n) is 14.0. The Bertz CT molecular complexity index is 713. The number of nitrogens with one attached hydrogen (secondary N) is 1. The highest BCUT2D eigenvalue weighted by molar-refractivity contribution is 5.56. The number of aryl methyl sites for hydroxylation is 1. The van der Waals surface area contributed by atoms with Crippen molar-refractivity contribution >= 4 is 5.82 Å². The number of aromatic amines is 1. The smallest absolute Gasteiger partial charge is 0.251 e. The summed E-state index contributed by atoms with van der Waals surface area (Å²) in [7, 11) is 0. The summed E-state index contributed by atoms with van der Waals surface area (Å²) in [6.45, 7) is 8.68.